The van der Waals surface area contributed by atoms with Gasteiger partial charge in [-0.05, 0) is 5.56 Å². The van der Waals surface area contributed by atoms with Crippen LogP contribution in [-0.4, -0.2) is 14.8 Å². The number of anilines is 1. The third-order valence-electron chi connectivity index (χ3n) is 2.77. The SMILES string of the molecule is c1ccc(Cn2cc(NCc3cncs3)cn2)cc1. The Balaban J connectivity index is 1.60. The fourth-order valence-corrected chi connectivity index (χ4v) is 2.36. The topological polar surface area (TPSA) is 42.7 Å². The molecule has 0 aliphatic carbocycles. The third kappa shape index (κ3) is 3.20. The van der Waals surface area contributed by atoms with E-state index in [1.54, 1.807) is 11.3 Å². The minimum atomic E-state index is 0.793. The Bertz CT molecular complexity index is 616. The van der Waals surface area contributed by atoms with Crippen LogP contribution in [0.4, 0.5) is 5.69 Å². The average molecular weight is 270 g/mol. The summed E-state index contributed by atoms with van der Waals surface area (Å²) in [5, 5.41) is 7.69. The summed E-state index contributed by atoms with van der Waals surface area (Å²) in [6, 6.07) is 10.3. The third-order valence-corrected chi connectivity index (χ3v) is 3.55. The van der Waals surface area contributed by atoms with Crippen LogP contribution in [0.5, 0.6) is 0 Å². The van der Waals surface area contributed by atoms with Crippen molar-refractivity contribution in [1.82, 2.24) is 14.8 Å². The van der Waals surface area contributed by atoms with Gasteiger partial charge in [0.05, 0.1) is 30.5 Å². The minimum absolute atomic E-state index is 0.793. The predicted octanol–water partition coefficient (Wildman–Crippen LogP) is 3.00. The lowest BCUT2D eigenvalue weighted by Crippen LogP contribution is -2.00. The smallest absolute Gasteiger partial charge is 0.0794 e. The van der Waals surface area contributed by atoms with E-state index in [1.807, 2.05) is 47.0 Å². The molecule has 0 bridgehead atoms. The first-order chi connectivity index (χ1) is 9.40. The molecule has 1 aromatic carbocycles. The zero-order valence-electron chi connectivity index (χ0n) is 10.4. The van der Waals surface area contributed by atoms with Crippen LogP contribution in [0.25, 0.3) is 0 Å². The molecule has 1 N–H and O–H groups in total. The summed E-state index contributed by atoms with van der Waals surface area (Å²) in [6.07, 6.45) is 5.75. The quantitative estimate of drug-likeness (QED) is 0.775. The van der Waals surface area contributed by atoms with E-state index < -0.39 is 0 Å². The predicted molar refractivity (Wildman–Crippen MR) is 77.2 cm³/mol. The molecule has 0 saturated heterocycles. The number of rotatable bonds is 5. The molecular formula is C14H14N4S. The van der Waals surface area contributed by atoms with Gasteiger partial charge in [-0.15, -0.1) is 11.3 Å². The molecule has 2 aromatic heterocycles. The zero-order chi connectivity index (χ0) is 12.9. The van der Waals surface area contributed by atoms with Gasteiger partial charge in [0.2, 0.25) is 0 Å². The highest BCUT2D eigenvalue weighted by molar-refractivity contribution is 7.09. The molecule has 3 rings (SSSR count). The van der Waals surface area contributed by atoms with E-state index in [4.69, 9.17) is 0 Å². The first kappa shape index (κ1) is 11.9. The normalized spacial score (nSPS) is 10.5. The molecule has 0 unspecified atom stereocenters. The zero-order valence-corrected chi connectivity index (χ0v) is 11.2. The van der Waals surface area contributed by atoms with E-state index in [9.17, 15) is 0 Å². The maximum Gasteiger partial charge on any atom is 0.0794 e. The number of benzene rings is 1. The summed E-state index contributed by atoms with van der Waals surface area (Å²) in [7, 11) is 0. The van der Waals surface area contributed by atoms with Gasteiger partial charge in [0, 0.05) is 17.3 Å². The Morgan fingerprint density at radius 1 is 1.16 bits per heavy atom. The second-order valence-electron chi connectivity index (χ2n) is 4.23. The van der Waals surface area contributed by atoms with Gasteiger partial charge in [-0.25, -0.2) is 0 Å². The van der Waals surface area contributed by atoms with Crippen molar-refractivity contribution in [3.63, 3.8) is 0 Å². The maximum atomic E-state index is 4.35. The Kier molecular flexibility index (Phi) is 3.56. The Morgan fingerprint density at radius 3 is 2.84 bits per heavy atom. The van der Waals surface area contributed by atoms with E-state index in [0.29, 0.717) is 0 Å². The molecule has 0 fully saturated rings. The average Bonchev–Trinajstić information content (AvgIpc) is 3.09. The number of hydrogen-bond acceptors (Lipinski definition) is 4. The summed E-state index contributed by atoms with van der Waals surface area (Å²) in [6.45, 7) is 1.59. The van der Waals surface area contributed by atoms with Crippen molar-refractivity contribution in [1.29, 1.82) is 0 Å². The molecule has 0 saturated carbocycles. The Hall–Kier alpha value is -2.14. The number of hydrogen-bond donors (Lipinski definition) is 1. The van der Waals surface area contributed by atoms with Gasteiger partial charge in [-0.3, -0.25) is 9.67 Å². The van der Waals surface area contributed by atoms with Crippen LogP contribution in [0.15, 0.2) is 54.4 Å². The highest BCUT2D eigenvalue weighted by Gasteiger charge is 2.00. The molecular weight excluding hydrogens is 256 g/mol. The van der Waals surface area contributed by atoms with E-state index >= 15 is 0 Å². The van der Waals surface area contributed by atoms with Gasteiger partial charge in [0.25, 0.3) is 0 Å². The lowest BCUT2D eigenvalue weighted by atomic mass is 10.2. The second kappa shape index (κ2) is 5.67. The van der Waals surface area contributed by atoms with E-state index in [1.165, 1.54) is 10.4 Å². The number of nitrogens with one attached hydrogen (secondary N) is 1. The van der Waals surface area contributed by atoms with Crippen LogP contribution in [0.1, 0.15) is 10.4 Å². The summed E-state index contributed by atoms with van der Waals surface area (Å²) < 4.78 is 1.93. The van der Waals surface area contributed by atoms with Crippen LogP contribution in [0, 0.1) is 0 Å². The molecule has 5 heteroatoms. The van der Waals surface area contributed by atoms with Crippen LogP contribution in [0.2, 0.25) is 0 Å². The van der Waals surface area contributed by atoms with Gasteiger partial charge in [0.15, 0.2) is 0 Å². The van der Waals surface area contributed by atoms with Gasteiger partial charge in [-0.1, -0.05) is 30.3 Å². The fourth-order valence-electron chi connectivity index (χ4n) is 1.83. The van der Waals surface area contributed by atoms with Crippen molar-refractivity contribution in [3.05, 3.63) is 64.9 Å². The van der Waals surface area contributed by atoms with Crippen LogP contribution >= 0.6 is 11.3 Å². The van der Waals surface area contributed by atoms with Gasteiger partial charge in [0.1, 0.15) is 0 Å². The van der Waals surface area contributed by atoms with Crippen molar-refractivity contribution < 1.29 is 0 Å². The molecule has 19 heavy (non-hydrogen) atoms. The van der Waals surface area contributed by atoms with E-state index in [0.717, 1.165) is 18.8 Å². The second-order valence-corrected chi connectivity index (χ2v) is 5.20. The molecule has 96 valence electrons. The number of thiazole rings is 1. The maximum absolute atomic E-state index is 4.35. The Morgan fingerprint density at radius 2 is 2.05 bits per heavy atom. The van der Waals surface area contributed by atoms with Crippen LogP contribution < -0.4 is 5.32 Å². The molecule has 0 aliphatic rings. The lowest BCUT2D eigenvalue weighted by molar-refractivity contribution is 0.687. The summed E-state index contributed by atoms with van der Waals surface area (Å²) >= 11 is 1.65. The van der Waals surface area contributed by atoms with Crippen molar-refractivity contribution in [2.24, 2.45) is 0 Å². The van der Waals surface area contributed by atoms with Crippen molar-refractivity contribution in [2.45, 2.75) is 13.1 Å². The standard InChI is InChI=1S/C14H14N4S/c1-2-4-12(5-3-1)9-18-10-13(6-17-18)16-8-14-7-15-11-19-14/h1-7,10-11,16H,8-9H2. The molecule has 0 atom stereocenters. The summed E-state index contributed by atoms with van der Waals surface area (Å²) in [5.74, 6) is 0. The van der Waals surface area contributed by atoms with Crippen molar-refractivity contribution in [2.75, 3.05) is 5.32 Å². The molecule has 0 radical (unpaired) electrons. The molecule has 4 nitrogen and oxygen atoms in total. The summed E-state index contributed by atoms with van der Waals surface area (Å²) in [4.78, 5) is 5.27. The van der Waals surface area contributed by atoms with Crippen molar-refractivity contribution in [3.8, 4) is 0 Å². The molecule has 0 spiro atoms. The highest BCUT2D eigenvalue weighted by atomic mass is 32.1. The van der Waals surface area contributed by atoms with E-state index in [2.05, 4.69) is 27.5 Å². The van der Waals surface area contributed by atoms with Gasteiger partial charge >= 0.3 is 0 Å². The van der Waals surface area contributed by atoms with Gasteiger partial charge in [-0.2, -0.15) is 5.10 Å². The van der Waals surface area contributed by atoms with E-state index in [-0.39, 0.29) is 0 Å². The Labute approximate surface area is 115 Å². The lowest BCUT2D eigenvalue weighted by Gasteiger charge is -2.01. The monoisotopic (exact) mass is 270 g/mol. The number of nitrogens with zero attached hydrogens (tertiary/aromatic N) is 3. The molecule has 0 amide bonds. The minimum Gasteiger partial charge on any atom is -0.378 e. The van der Waals surface area contributed by atoms with Crippen molar-refractivity contribution >= 4 is 17.0 Å². The first-order valence-corrected chi connectivity index (χ1v) is 6.96. The highest BCUT2D eigenvalue weighted by Crippen LogP contribution is 2.11. The molecule has 2 heterocycles. The summed E-state index contributed by atoms with van der Waals surface area (Å²) in [5.41, 5.74) is 4.12. The largest absolute Gasteiger partial charge is 0.378 e. The van der Waals surface area contributed by atoms with Crippen LogP contribution in [0.3, 0.4) is 0 Å². The van der Waals surface area contributed by atoms with Crippen LogP contribution in [-0.2, 0) is 13.1 Å². The van der Waals surface area contributed by atoms with Gasteiger partial charge < -0.3 is 5.32 Å². The molecule has 0 aliphatic heterocycles. The fraction of sp³-hybridized carbons (Fsp3) is 0.143. The first-order valence-electron chi connectivity index (χ1n) is 6.08. The molecule has 3 aromatic rings. The number of aromatic nitrogens is 3.